The SMILES string of the molecule is CCc1ccc2c(CN3CCC[C@H]3c3nc4ccccc4s3)cc(=O)oc2c1. The molecule has 1 aliphatic rings. The fourth-order valence-corrected chi connectivity index (χ4v) is 5.31. The molecule has 1 aliphatic heterocycles. The van der Waals surface area contributed by atoms with E-state index in [4.69, 9.17) is 9.40 Å². The van der Waals surface area contributed by atoms with E-state index < -0.39 is 0 Å². The van der Waals surface area contributed by atoms with Gasteiger partial charge in [0.1, 0.15) is 10.6 Å². The molecule has 1 saturated heterocycles. The van der Waals surface area contributed by atoms with Gasteiger partial charge in [-0.05, 0) is 55.1 Å². The molecule has 0 bridgehead atoms. The van der Waals surface area contributed by atoms with Crippen LogP contribution in [0.15, 0.2) is 57.7 Å². The van der Waals surface area contributed by atoms with Crippen LogP contribution in [0.5, 0.6) is 0 Å². The fraction of sp³-hybridized carbons (Fsp3) is 0.304. The summed E-state index contributed by atoms with van der Waals surface area (Å²) < 4.78 is 6.71. The summed E-state index contributed by atoms with van der Waals surface area (Å²) in [5.41, 5.74) is 3.72. The Bertz CT molecular complexity index is 1180. The lowest BCUT2D eigenvalue weighted by molar-refractivity contribution is 0.248. The summed E-state index contributed by atoms with van der Waals surface area (Å²) in [5.74, 6) is 0. The van der Waals surface area contributed by atoms with Crippen LogP contribution in [-0.4, -0.2) is 16.4 Å². The van der Waals surface area contributed by atoms with Gasteiger partial charge in [0.2, 0.25) is 0 Å². The molecule has 1 fully saturated rings. The van der Waals surface area contributed by atoms with Crippen LogP contribution in [0.25, 0.3) is 21.2 Å². The van der Waals surface area contributed by atoms with Crippen LogP contribution in [0, 0.1) is 0 Å². The molecule has 1 atom stereocenters. The summed E-state index contributed by atoms with van der Waals surface area (Å²) >= 11 is 1.79. The van der Waals surface area contributed by atoms with Crippen molar-refractivity contribution in [2.45, 2.75) is 38.8 Å². The average molecular weight is 391 g/mol. The summed E-state index contributed by atoms with van der Waals surface area (Å²) in [6.45, 7) is 3.87. The highest BCUT2D eigenvalue weighted by Crippen LogP contribution is 2.37. The predicted molar refractivity (Wildman–Crippen MR) is 114 cm³/mol. The molecular formula is C23H22N2O2S. The van der Waals surface area contributed by atoms with Gasteiger partial charge in [-0.15, -0.1) is 11.3 Å². The molecule has 0 saturated carbocycles. The molecule has 4 nitrogen and oxygen atoms in total. The van der Waals surface area contributed by atoms with E-state index in [1.165, 1.54) is 15.3 Å². The number of fused-ring (bicyclic) bond motifs is 2. The quantitative estimate of drug-likeness (QED) is 0.444. The van der Waals surface area contributed by atoms with Crippen molar-refractivity contribution in [3.63, 3.8) is 0 Å². The van der Waals surface area contributed by atoms with Crippen LogP contribution < -0.4 is 5.63 Å². The summed E-state index contributed by atoms with van der Waals surface area (Å²) in [7, 11) is 0. The Balaban J connectivity index is 1.50. The Kier molecular flexibility index (Phi) is 4.49. The monoisotopic (exact) mass is 390 g/mol. The van der Waals surface area contributed by atoms with E-state index in [-0.39, 0.29) is 5.63 Å². The fourth-order valence-electron chi connectivity index (χ4n) is 4.17. The van der Waals surface area contributed by atoms with Gasteiger partial charge in [-0.3, -0.25) is 4.90 Å². The maximum atomic E-state index is 12.2. The molecule has 5 heteroatoms. The summed E-state index contributed by atoms with van der Waals surface area (Å²) in [6.07, 6.45) is 3.19. The minimum absolute atomic E-state index is 0.272. The molecule has 28 heavy (non-hydrogen) atoms. The number of aromatic nitrogens is 1. The number of benzene rings is 2. The Morgan fingerprint density at radius 1 is 1.21 bits per heavy atom. The van der Waals surface area contributed by atoms with E-state index in [0.29, 0.717) is 11.6 Å². The van der Waals surface area contributed by atoms with Crippen molar-refractivity contribution in [1.29, 1.82) is 0 Å². The number of rotatable bonds is 4. The third kappa shape index (κ3) is 3.15. The van der Waals surface area contributed by atoms with Gasteiger partial charge in [-0.25, -0.2) is 9.78 Å². The molecule has 0 radical (unpaired) electrons. The van der Waals surface area contributed by atoms with Crippen molar-refractivity contribution in [3.05, 3.63) is 75.1 Å². The lowest BCUT2D eigenvalue weighted by Gasteiger charge is -2.23. The Labute approximate surface area is 167 Å². The number of nitrogens with zero attached hydrogens (tertiary/aromatic N) is 2. The molecule has 5 rings (SSSR count). The normalized spacial score (nSPS) is 17.7. The van der Waals surface area contributed by atoms with Crippen LogP contribution in [-0.2, 0) is 13.0 Å². The maximum Gasteiger partial charge on any atom is 0.336 e. The van der Waals surface area contributed by atoms with Gasteiger partial charge >= 0.3 is 5.63 Å². The first-order valence-corrected chi connectivity index (χ1v) is 10.7. The molecule has 142 valence electrons. The van der Waals surface area contributed by atoms with Crippen molar-refractivity contribution in [1.82, 2.24) is 9.88 Å². The number of aryl methyl sites for hydroxylation is 1. The van der Waals surface area contributed by atoms with Crippen molar-refractivity contribution in [3.8, 4) is 0 Å². The number of para-hydroxylation sites is 1. The second kappa shape index (κ2) is 7.15. The maximum absolute atomic E-state index is 12.2. The smallest absolute Gasteiger partial charge is 0.336 e. The van der Waals surface area contributed by atoms with E-state index >= 15 is 0 Å². The van der Waals surface area contributed by atoms with Gasteiger partial charge in [0.15, 0.2) is 0 Å². The lowest BCUT2D eigenvalue weighted by Crippen LogP contribution is -2.23. The largest absolute Gasteiger partial charge is 0.423 e. The molecule has 0 spiro atoms. The van der Waals surface area contributed by atoms with Gasteiger partial charge in [0.05, 0.1) is 16.3 Å². The number of likely N-dealkylation sites (tertiary alicyclic amines) is 1. The zero-order chi connectivity index (χ0) is 19.1. The topological polar surface area (TPSA) is 46.3 Å². The van der Waals surface area contributed by atoms with E-state index in [2.05, 4.69) is 42.2 Å². The molecule has 2 aromatic carbocycles. The molecule has 2 aromatic heterocycles. The van der Waals surface area contributed by atoms with Gasteiger partial charge in [-0.1, -0.05) is 31.2 Å². The highest BCUT2D eigenvalue weighted by atomic mass is 32.1. The Morgan fingerprint density at radius 3 is 2.96 bits per heavy atom. The van der Waals surface area contributed by atoms with Crippen molar-refractivity contribution >= 4 is 32.5 Å². The number of hydrogen-bond donors (Lipinski definition) is 0. The zero-order valence-electron chi connectivity index (χ0n) is 15.9. The van der Waals surface area contributed by atoms with E-state index in [0.717, 1.165) is 48.8 Å². The Morgan fingerprint density at radius 2 is 2.11 bits per heavy atom. The summed E-state index contributed by atoms with van der Waals surface area (Å²) in [4.78, 5) is 19.5. The molecule has 0 unspecified atom stereocenters. The minimum Gasteiger partial charge on any atom is -0.423 e. The van der Waals surface area contributed by atoms with Crippen LogP contribution in [0.2, 0.25) is 0 Å². The Hall–Kier alpha value is -2.50. The molecule has 0 amide bonds. The van der Waals surface area contributed by atoms with Crippen LogP contribution in [0.3, 0.4) is 0 Å². The van der Waals surface area contributed by atoms with Crippen molar-refractivity contribution in [2.75, 3.05) is 6.54 Å². The van der Waals surface area contributed by atoms with Gasteiger partial charge < -0.3 is 4.42 Å². The van der Waals surface area contributed by atoms with E-state index in [9.17, 15) is 4.79 Å². The summed E-state index contributed by atoms with van der Waals surface area (Å²) in [6, 6.07) is 16.5. The molecule has 3 heterocycles. The van der Waals surface area contributed by atoms with Gasteiger partial charge in [0, 0.05) is 18.0 Å². The molecule has 0 aliphatic carbocycles. The highest BCUT2D eigenvalue weighted by molar-refractivity contribution is 7.18. The van der Waals surface area contributed by atoms with E-state index in [1.54, 1.807) is 17.4 Å². The first-order chi connectivity index (χ1) is 13.7. The third-order valence-corrected chi connectivity index (χ3v) is 6.77. The highest BCUT2D eigenvalue weighted by Gasteiger charge is 2.29. The lowest BCUT2D eigenvalue weighted by atomic mass is 10.1. The van der Waals surface area contributed by atoms with Crippen molar-refractivity contribution < 1.29 is 4.42 Å². The van der Waals surface area contributed by atoms with Gasteiger partial charge in [-0.2, -0.15) is 0 Å². The second-order valence-electron chi connectivity index (χ2n) is 7.42. The zero-order valence-corrected chi connectivity index (χ0v) is 16.7. The molecule has 0 N–H and O–H groups in total. The number of hydrogen-bond acceptors (Lipinski definition) is 5. The first-order valence-electron chi connectivity index (χ1n) is 9.86. The van der Waals surface area contributed by atoms with Crippen LogP contribution in [0.4, 0.5) is 0 Å². The molecular weight excluding hydrogens is 368 g/mol. The summed E-state index contributed by atoms with van der Waals surface area (Å²) in [5, 5.41) is 2.21. The van der Waals surface area contributed by atoms with E-state index in [1.807, 2.05) is 12.1 Å². The first kappa shape index (κ1) is 17.6. The minimum atomic E-state index is -0.272. The van der Waals surface area contributed by atoms with Crippen LogP contribution in [0.1, 0.15) is 41.9 Å². The van der Waals surface area contributed by atoms with Gasteiger partial charge in [0.25, 0.3) is 0 Å². The van der Waals surface area contributed by atoms with Crippen LogP contribution >= 0.6 is 11.3 Å². The molecule has 4 aromatic rings. The van der Waals surface area contributed by atoms with Crippen molar-refractivity contribution in [2.24, 2.45) is 0 Å². The predicted octanol–water partition coefficient (Wildman–Crippen LogP) is 5.30. The number of thiazole rings is 1. The third-order valence-electron chi connectivity index (χ3n) is 5.64. The average Bonchev–Trinajstić information content (AvgIpc) is 3.33. The second-order valence-corrected chi connectivity index (χ2v) is 8.49. The standard InChI is InChI=1S/C23H22N2O2S/c1-2-15-9-10-17-16(13-22(26)27-20(17)12-15)14-25-11-5-7-19(25)23-24-18-6-3-4-8-21(18)28-23/h3-4,6,8-10,12-13,19H,2,5,7,11,14H2,1H3/t19-/m0/s1.